The van der Waals surface area contributed by atoms with E-state index in [1.165, 1.54) is 0 Å². The summed E-state index contributed by atoms with van der Waals surface area (Å²) in [4.78, 5) is 11.1. The van der Waals surface area contributed by atoms with Crippen LogP contribution in [0.2, 0.25) is 0 Å². The van der Waals surface area contributed by atoms with Gasteiger partial charge in [0.15, 0.2) is 0 Å². The summed E-state index contributed by atoms with van der Waals surface area (Å²) in [6.07, 6.45) is 0. The first-order valence-corrected chi connectivity index (χ1v) is 4.69. The third-order valence-corrected chi connectivity index (χ3v) is 1.46. The van der Waals surface area contributed by atoms with Gasteiger partial charge in [-0.2, -0.15) is 0 Å². The third kappa shape index (κ3) is 4.28. The zero-order valence-corrected chi connectivity index (χ0v) is 9.41. The average molecular weight is 273 g/mol. The molecule has 1 atom stereocenters. The minimum Gasteiger partial charge on any atom is -0.343 e. The molecule has 0 saturated carbocycles. The molecule has 1 amide bonds. The molecule has 0 saturated heterocycles. The van der Waals surface area contributed by atoms with E-state index in [0.29, 0.717) is 0 Å². The maximum Gasteiger partial charge on any atom is 0.237 e. The summed E-state index contributed by atoms with van der Waals surface area (Å²) < 4.78 is -0.477. The number of hydrogen-bond donors (Lipinski definition) is 1. The predicted molar refractivity (Wildman–Crippen MR) is 49.5 cm³/mol. The van der Waals surface area contributed by atoms with E-state index in [0.717, 1.165) is 0 Å². The van der Waals surface area contributed by atoms with E-state index in [9.17, 15) is 4.79 Å². The lowest BCUT2D eigenvalue weighted by molar-refractivity contribution is -0.122. The molecule has 10 heavy (non-hydrogen) atoms. The van der Waals surface area contributed by atoms with Gasteiger partial charge in [0.2, 0.25) is 5.91 Å². The van der Waals surface area contributed by atoms with Crippen LogP contribution in [0.4, 0.5) is 0 Å². The van der Waals surface area contributed by atoms with Crippen LogP contribution in [0.3, 0.4) is 0 Å². The van der Waals surface area contributed by atoms with Crippen molar-refractivity contribution in [2.75, 3.05) is 0 Å². The second-order valence-corrected chi connectivity index (χ2v) is 5.92. The highest BCUT2D eigenvalue weighted by molar-refractivity contribution is 9.10. The number of carbonyl (C=O) groups excluding carboxylic acids is 1. The molecule has 0 spiro atoms. The van der Waals surface area contributed by atoms with Crippen molar-refractivity contribution in [1.29, 1.82) is 0 Å². The number of amides is 1. The van der Waals surface area contributed by atoms with E-state index in [-0.39, 0.29) is 10.9 Å². The van der Waals surface area contributed by atoms with Crippen LogP contribution in [0.1, 0.15) is 20.8 Å². The van der Waals surface area contributed by atoms with E-state index in [2.05, 4.69) is 37.2 Å². The van der Waals surface area contributed by atoms with Crippen LogP contribution in [0.5, 0.6) is 0 Å². The maximum atomic E-state index is 11.1. The molecule has 0 fully saturated rings. The molecule has 0 heterocycles. The number of nitrogens with one attached hydrogen (secondary N) is 1. The smallest absolute Gasteiger partial charge is 0.237 e. The molecule has 0 rings (SSSR count). The third-order valence-electron chi connectivity index (χ3n) is 0.870. The Hall–Kier alpha value is 0.430. The summed E-state index contributed by atoms with van der Waals surface area (Å²) >= 11 is 6.45. The van der Waals surface area contributed by atoms with Crippen molar-refractivity contribution >= 4 is 37.8 Å². The molecule has 0 aromatic rings. The highest BCUT2D eigenvalue weighted by Gasteiger charge is 2.23. The molecule has 0 aliphatic rings. The van der Waals surface area contributed by atoms with Crippen LogP contribution in [0.15, 0.2) is 0 Å². The van der Waals surface area contributed by atoms with Gasteiger partial charge in [-0.1, -0.05) is 31.9 Å². The van der Waals surface area contributed by atoms with Crippen molar-refractivity contribution in [2.45, 2.75) is 30.0 Å². The van der Waals surface area contributed by atoms with Crippen LogP contribution in [0, 0.1) is 0 Å². The number of hydrogen-bond acceptors (Lipinski definition) is 1. The van der Waals surface area contributed by atoms with Gasteiger partial charge in [0.1, 0.15) is 0 Å². The van der Waals surface area contributed by atoms with Gasteiger partial charge < -0.3 is 5.32 Å². The number of rotatable bonds is 2. The summed E-state index contributed by atoms with van der Waals surface area (Å²) in [6, 6.07) is 0. The van der Waals surface area contributed by atoms with Crippen molar-refractivity contribution < 1.29 is 4.79 Å². The average Bonchev–Trinajstić information content (AvgIpc) is 1.60. The van der Waals surface area contributed by atoms with E-state index < -0.39 is 4.32 Å². The standard InChI is InChI=1S/C6H11Br2NO/c1-4(7)9-5(10)6(2,3)8/h4H,1-3H3,(H,9,10). The summed E-state index contributed by atoms with van der Waals surface area (Å²) in [5.74, 6) is -0.0168. The fourth-order valence-corrected chi connectivity index (χ4v) is 0.675. The first-order valence-electron chi connectivity index (χ1n) is 2.98. The van der Waals surface area contributed by atoms with Crippen LogP contribution < -0.4 is 5.32 Å². The lowest BCUT2D eigenvalue weighted by Gasteiger charge is -2.16. The van der Waals surface area contributed by atoms with Crippen LogP contribution in [0.25, 0.3) is 0 Å². The summed E-state index contributed by atoms with van der Waals surface area (Å²) in [7, 11) is 0. The van der Waals surface area contributed by atoms with E-state index in [4.69, 9.17) is 0 Å². The van der Waals surface area contributed by atoms with Crippen molar-refractivity contribution in [2.24, 2.45) is 0 Å². The number of halogens is 2. The molecule has 2 nitrogen and oxygen atoms in total. The summed E-state index contributed by atoms with van der Waals surface area (Å²) in [6.45, 7) is 5.46. The van der Waals surface area contributed by atoms with Crippen molar-refractivity contribution in [3.05, 3.63) is 0 Å². The Kier molecular flexibility index (Phi) is 3.88. The normalized spacial score (nSPS) is 14.5. The van der Waals surface area contributed by atoms with Crippen molar-refractivity contribution in [1.82, 2.24) is 5.32 Å². The molecule has 0 bridgehead atoms. The highest BCUT2D eigenvalue weighted by atomic mass is 79.9. The Morgan fingerprint density at radius 2 is 2.00 bits per heavy atom. The predicted octanol–water partition coefficient (Wildman–Crippen LogP) is 2.02. The monoisotopic (exact) mass is 271 g/mol. The molecule has 1 unspecified atom stereocenters. The van der Waals surface area contributed by atoms with Crippen molar-refractivity contribution in [3.8, 4) is 0 Å². The van der Waals surface area contributed by atoms with Crippen LogP contribution in [-0.4, -0.2) is 15.2 Å². The van der Waals surface area contributed by atoms with Crippen molar-refractivity contribution in [3.63, 3.8) is 0 Å². The van der Waals surface area contributed by atoms with E-state index in [1.807, 2.05) is 6.92 Å². The first kappa shape index (κ1) is 10.4. The molecule has 0 aliphatic heterocycles. The van der Waals surface area contributed by atoms with Gasteiger partial charge in [-0.25, -0.2) is 0 Å². The van der Waals surface area contributed by atoms with Crippen LogP contribution >= 0.6 is 31.9 Å². The highest BCUT2D eigenvalue weighted by Crippen LogP contribution is 2.15. The number of alkyl halides is 2. The zero-order chi connectivity index (χ0) is 8.36. The Balaban J connectivity index is 3.87. The molecular formula is C6H11Br2NO. The number of carbonyl (C=O) groups is 1. The molecular weight excluding hydrogens is 262 g/mol. The Morgan fingerprint density at radius 1 is 1.60 bits per heavy atom. The van der Waals surface area contributed by atoms with E-state index in [1.54, 1.807) is 13.8 Å². The van der Waals surface area contributed by atoms with Gasteiger partial charge >= 0.3 is 0 Å². The molecule has 0 aromatic heterocycles. The van der Waals surface area contributed by atoms with Gasteiger partial charge in [0.05, 0.1) is 9.28 Å². The lowest BCUT2D eigenvalue weighted by Crippen LogP contribution is -2.40. The minimum atomic E-state index is -0.477. The van der Waals surface area contributed by atoms with Gasteiger partial charge in [-0.3, -0.25) is 4.79 Å². The zero-order valence-electron chi connectivity index (χ0n) is 6.24. The maximum absolute atomic E-state index is 11.1. The topological polar surface area (TPSA) is 29.1 Å². The summed E-state index contributed by atoms with van der Waals surface area (Å²) in [5, 5.41) is 2.71. The molecule has 0 radical (unpaired) electrons. The molecule has 4 heteroatoms. The first-order chi connectivity index (χ1) is 4.34. The largest absolute Gasteiger partial charge is 0.343 e. The van der Waals surface area contributed by atoms with E-state index >= 15 is 0 Å². The SMILES string of the molecule is CC(Br)NC(=O)C(C)(C)Br. The fourth-order valence-electron chi connectivity index (χ4n) is 0.352. The minimum absolute atomic E-state index is 0.0168. The second-order valence-electron chi connectivity index (χ2n) is 2.56. The van der Waals surface area contributed by atoms with Crippen LogP contribution in [-0.2, 0) is 4.79 Å². The Labute approximate surface area is 78.0 Å². The Bertz CT molecular complexity index is 128. The van der Waals surface area contributed by atoms with Gasteiger partial charge in [0.25, 0.3) is 0 Å². The summed E-state index contributed by atoms with van der Waals surface area (Å²) in [5.41, 5.74) is 0. The lowest BCUT2D eigenvalue weighted by atomic mass is 10.2. The quantitative estimate of drug-likeness (QED) is 0.605. The molecule has 0 aromatic carbocycles. The van der Waals surface area contributed by atoms with Gasteiger partial charge in [-0.05, 0) is 20.8 Å². The second kappa shape index (κ2) is 3.72. The fraction of sp³-hybridized carbons (Fsp3) is 0.833. The molecule has 60 valence electrons. The Morgan fingerprint density at radius 3 is 2.10 bits per heavy atom. The van der Waals surface area contributed by atoms with Gasteiger partial charge in [-0.15, -0.1) is 0 Å². The van der Waals surface area contributed by atoms with Gasteiger partial charge in [0, 0.05) is 0 Å². The molecule has 0 aliphatic carbocycles. The molecule has 1 N–H and O–H groups in total.